The molecule has 0 bridgehead atoms. The van der Waals surface area contributed by atoms with Crippen LogP contribution in [0.5, 0.6) is 5.75 Å². The maximum Gasteiger partial charge on any atom is 0.165 e. The van der Waals surface area contributed by atoms with Crippen molar-refractivity contribution in [3.63, 3.8) is 0 Å². The number of rotatable bonds is 2. The van der Waals surface area contributed by atoms with Crippen LogP contribution in [-0.4, -0.2) is 5.11 Å². The molecule has 1 atom stereocenters. The minimum Gasteiger partial charge on any atom is -0.505 e. The molecule has 1 aliphatic carbocycles. The second kappa shape index (κ2) is 3.99. The van der Waals surface area contributed by atoms with Crippen molar-refractivity contribution in [2.45, 2.75) is 25.3 Å². The molecule has 0 spiro atoms. The Morgan fingerprint density at radius 3 is 2.67 bits per heavy atom. The number of halogens is 2. The van der Waals surface area contributed by atoms with Crippen LogP contribution in [0.2, 0.25) is 5.02 Å². The van der Waals surface area contributed by atoms with Crippen molar-refractivity contribution in [2.24, 2.45) is 11.7 Å². The average Bonchev–Trinajstić information content (AvgIpc) is 2.09. The van der Waals surface area contributed by atoms with Crippen molar-refractivity contribution < 1.29 is 9.50 Å². The summed E-state index contributed by atoms with van der Waals surface area (Å²) in [6.07, 6.45) is 3.19. The highest BCUT2D eigenvalue weighted by atomic mass is 35.5. The highest BCUT2D eigenvalue weighted by molar-refractivity contribution is 6.31. The lowest BCUT2D eigenvalue weighted by Crippen LogP contribution is -2.27. The largest absolute Gasteiger partial charge is 0.505 e. The first-order valence-electron chi connectivity index (χ1n) is 5.03. The standard InChI is InChI=1S/C11H13ClFNO/c12-7-4-5-8(13)11(15)9(7)10(14)6-2-1-3-6/h4-6,10,15H,1-3,14H2/t10-/m0/s1. The molecule has 1 aliphatic rings. The van der Waals surface area contributed by atoms with E-state index < -0.39 is 11.6 Å². The van der Waals surface area contributed by atoms with Gasteiger partial charge in [-0.1, -0.05) is 18.0 Å². The zero-order chi connectivity index (χ0) is 11.0. The second-order valence-electron chi connectivity index (χ2n) is 4.01. The van der Waals surface area contributed by atoms with Gasteiger partial charge < -0.3 is 10.8 Å². The lowest BCUT2D eigenvalue weighted by Gasteiger charge is -2.32. The van der Waals surface area contributed by atoms with Crippen molar-refractivity contribution in [1.29, 1.82) is 0 Å². The SMILES string of the molecule is N[C@H](c1c(Cl)ccc(F)c1O)C1CCC1. The van der Waals surface area contributed by atoms with Gasteiger partial charge in [-0.05, 0) is 30.9 Å². The van der Waals surface area contributed by atoms with Gasteiger partial charge >= 0.3 is 0 Å². The van der Waals surface area contributed by atoms with Gasteiger partial charge in [0, 0.05) is 16.6 Å². The molecule has 0 aliphatic heterocycles. The van der Waals surface area contributed by atoms with Gasteiger partial charge in [-0.25, -0.2) is 4.39 Å². The van der Waals surface area contributed by atoms with Crippen LogP contribution in [0.1, 0.15) is 30.9 Å². The summed E-state index contributed by atoms with van der Waals surface area (Å²) >= 11 is 5.91. The lowest BCUT2D eigenvalue weighted by molar-refractivity contribution is 0.259. The molecule has 1 fully saturated rings. The van der Waals surface area contributed by atoms with Crippen LogP contribution in [0.25, 0.3) is 0 Å². The highest BCUT2D eigenvalue weighted by Gasteiger charge is 2.29. The average molecular weight is 230 g/mol. The second-order valence-corrected chi connectivity index (χ2v) is 4.42. The molecular formula is C11H13ClFNO. The zero-order valence-corrected chi connectivity index (χ0v) is 8.97. The topological polar surface area (TPSA) is 46.2 Å². The summed E-state index contributed by atoms with van der Waals surface area (Å²) in [5, 5.41) is 9.92. The Bertz CT molecular complexity index is 379. The van der Waals surface area contributed by atoms with Gasteiger partial charge in [0.15, 0.2) is 11.6 Å². The number of phenolic OH excluding ortho intramolecular Hbond substituents is 1. The maximum atomic E-state index is 13.1. The first kappa shape index (κ1) is 10.7. The first-order chi connectivity index (χ1) is 7.11. The van der Waals surface area contributed by atoms with Gasteiger partial charge in [0.05, 0.1) is 0 Å². The summed E-state index contributed by atoms with van der Waals surface area (Å²) < 4.78 is 13.1. The molecule has 4 heteroatoms. The molecule has 0 aromatic heterocycles. The van der Waals surface area contributed by atoms with Gasteiger partial charge in [0.2, 0.25) is 0 Å². The monoisotopic (exact) mass is 229 g/mol. The van der Waals surface area contributed by atoms with E-state index in [2.05, 4.69) is 0 Å². The number of aromatic hydroxyl groups is 1. The van der Waals surface area contributed by atoms with Gasteiger partial charge in [-0.3, -0.25) is 0 Å². The van der Waals surface area contributed by atoms with Crippen LogP contribution in [-0.2, 0) is 0 Å². The molecule has 2 nitrogen and oxygen atoms in total. The van der Waals surface area contributed by atoms with Crippen molar-refractivity contribution in [3.05, 3.63) is 28.5 Å². The quantitative estimate of drug-likeness (QED) is 0.819. The third-order valence-corrected chi connectivity index (χ3v) is 3.44. The molecule has 0 unspecified atom stereocenters. The van der Waals surface area contributed by atoms with Gasteiger partial charge in [-0.15, -0.1) is 0 Å². The fraction of sp³-hybridized carbons (Fsp3) is 0.455. The minimum atomic E-state index is -0.663. The number of hydrogen-bond donors (Lipinski definition) is 2. The van der Waals surface area contributed by atoms with Crippen molar-refractivity contribution >= 4 is 11.6 Å². The van der Waals surface area contributed by atoms with E-state index in [-0.39, 0.29) is 6.04 Å². The highest BCUT2D eigenvalue weighted by Crippen LogP contribution is 2.42. The van der Waals surface area contributed by atoms with Crippen molar-refractivity contribution in [3.8, 4) is 5.75 Å². The van der Waals surface area contributed by atoms with E-state index in [0.717, 1.165) is 25.3 Å². The van der Waals surface area contributed by atoms with Crippen LogP contribution in [0.3, 0.4) is 0 Å². The Hall–Kier alpha value is -0.800. The predicted molar refractivity (Wildman–Crippen MR) is 57.3 cm³/mol. The molecule has 0 amide bonds. The Morgan fingerprint density at radius 1 is 1.47 bits per heavy atom. The molecule has 1 aromatic carbocycles. The number of benzene rings is 1. The van der Waals surface area contributed by atoms with E-state index in [0.29, 0.717) is 16.5 Å². The summed E-state index contributed by atoms with van der Waals surface area (Å²) in [7, 11) is 0. The van der Waals surface area contributed by atoms with Crippen LogP contribution in [0.15, 0.2) is 12.1 Å². The van der Waals surface area contributed by atoms with E-state index in [4.69, 9.17) is 17.3 Å². The normalized spacial score (nSPS) is 18.6. The van der Waals surface area contributed by atoms with Crippen LogP contribution >= 0.6 is 11.6 Å². The fourth-order valence-corrected chi connectivity index (χ4v) is 2.19. The summed E-state index contributed by atoms with van der Waals surface area (Å²) in [5.41, 5.74) is 6.31. The molecular weight excluding hydrogens is 217 g/mol. The predicted octanol–water partition coefficient (Wildman–Crippen LogP) is 2.98. The number of phenols is 1. The summed E-state index contributed by atoms with van der Waals surface area (Å²) in [5.74, 6) is -0.749. The Morgan fingerprint density at radius 2 is 2.13 bits per heavy atom. The number of nitrogens with two attached hydrogens (primary N) is 1. The Balaban J connectivity index is 2.36. The van der Waals surface area contributed by atoms with Crippen LogP contribution < -0.4 is 5.73 Å². The molecule has 0 heterocycles. The summed E-state index contributed by atoms with van der Waals surface area (Å²) in [6, 6.07) is 2.22. The molecule has 1 aromatic rings. The smallest absolute Gasteiger partial charge is 0.165 e. The van der Waals surface area contributed by atoms with E-state index in [1.165, 1.54) is 6.07 Å². The molecule has 2 rings (SSSR count). The maximum absolute atomic E-state index is 13.1. The van der Waals surface area contributed by atoms with Gasteiger partial charge in [-0.2, -0.15) is 0 Å². The van der Waals surface area contributed by atoms with Crippen molar-refractivity contribution in [2.75, 3.05) is 0 Å². The van der Waals surface area contributed by atoms with Crippen molar-refractivity contribution in [1.82, 2.24) is 0 Å². The van der Waals surface area contributed by atoms with E-state index >= 15 is 0 Å². The first-order valence-corrected chi connectivity index (χ1v) is 5.41. The zero-order valence-electron chi connectivity index (χ0n) is 8.21. The molecule has 0 radical (unpaired) electrons. The van der Waals surface area contributed by atoms with Gasteiger partial charge in [0.1, 0.15) is 0 Å². The third kappa shape index (κ3) is 1.82. The molecule has 0 saturated heterocycles. The number of hydrogen-bond acceptors (Lipinski definition) is 2. The summed E-state index contributed by atoms with van der Waals surface area (Å²) in [4.78, 5) is 0. The van der Waals surface area contributed by atoms with E-state index in [1.54, 1.807) is 0 Å². The molecule has 3 N–H and O–H groups in total. The van der Waals surface area contributed by atoms with E-state index in [1.807, 2.05) is 0 Å². The Labute approximate surface area is 92.9 Å². The molecule has 15 heavy (non-hydrogen) atoms. The molecule has 1 saturated carbocycles. The van der Waals surface area contributed by atoms with Crippen LogP contribution in [0.4, 0.5) is 4.39 Å². The van der Waals surface area contributed by atoms with Crippen LogP contribution in [0, 0.1) is 11.7 Å². The Kier molecular flexibility index (Phi) is 2.85. The van der Waals surface area contributed by atoms with E-state index in [9.17, 15) is 9.50 Å². The minimum absolute atomic E-state index is 0.315. The summed E-state index contributed by atoms with van der Waals surface area (Å²) in [6.45, 7) is 0. The third-order valence-electron chi connectivity index (χ3n) is 3.11. The van der Waals surface area contributed by atoms with Gasteiger partial charge in [0.25, 0.3) is 0 Å². The lowest BCUT2D eigenvalue weighted by atomic mass is 9.77. The molecule has 82 valence electrons. The fourth-order valence-electron chi connectivity index (χ4n) is 1.91.